The summed E-state index contributed by atoms with van der Waals surface area (Å²) in [5.41, 5.74) is 1.27. The number of nitrogens with zero attached hydrogens (tertiary/aromatic N) is 4. The molecule has 0 saturated heterocycles. The monoisotopic (exact) mass is 443 g/mol. The summed E-state index contributed by atoms with van der Waals surface area (Å²) >= 11 is 1.29. The van der Waals surface area contributed by atoms with Crippen molar-refractivity contribution in [2.45, 2.75) is 23.6 Å². The van der Waals surface area contributed by atoms with E-state index in [9.17, 15) is 10.1 Å². The average Bonchev–Trinajstić information content (AvgIpc) is 3.17. The minimum absolute atomic E-state index is 0.0234. The van der Waals surface area contributed by atoms with E-state index in [1.807, 2.05) is 24.3 Å². The molecule has 3 aromatic rings. The van der Waals surface area contributed by atoms with Gasteiger partial charge in [0.1, 0.15) is 12.4 Å². The Hall–Kier alpha value is -3.51. The first-order valence-corrected chi connectivity index (χ1v) is 10.3. The molecule has 2 aromatic carbocycles. The highest BCUT2D eigenvalue weighted by Gasteiger charge is 2.28. The van der Waals surface area contributed by atoms with E-state index < -0.39 is 11.0 Å². The number of nitro benzene ring substituents is 1. The van der Waals surface area contributed by atoms with E-state index in [0.29, 0.717) is 45.1 Å². The van der Waals surface area contributed by atoms with Crippen molar-refractivity contribution in [3.8, 4) is 17.2 Å². The molecule has 0 aliphatic carbocycles. The summed E-state index contributed by atoms with van der Waals surface area (Å²) in [5.74, 6) is 8.84. The van der Waals surface area contributed by atoms with Crippen LogP contribution in [0.15, 0.2) is 41.6 Å². The number of para-hydroxylation sites is 2. The predicted molar refractivity (Wildman–Crippen MR) is 108 cm³/mol. The number of hydrogen-bond donors (Lipinski definition) is 1. The Morgan fingerprint density at radius 1 is 1.23 bits per heavy atom. The van der Waals surface area contributed by atoms with E-state index in [2.05, 4.69) is 10.2 Å². The van der Waals surface area contributed by atoms with Crippen LogP contribution in [0.1, 0.15) is 23.1 Å². The third-order valence-corrected chi connectivity index (χ3v) is 5.82. The van der Waals surface area contributed by atoms with Crippen molar-refractivity contribution in [3.05, 3.63) is 63.5 Å². The lowest BCUT2D eigenvalue weighted by molar-refractivity contribution is -0.385. The first kappa shape index (κ1) is 19.5. The highest BCUT2D eigenvalue weighted by molar-refractivity contribution is 7.98. The van der Waals surface area contributed by atoms with Crippen molar-refractivity contribution < 1.29 is 23.9 Å². The number of thioether (sulfide) groups is 1. The van der Waals surface area contributed by atoms with Gasteiger partial charge in [-0.15, -0.1) is 10.2 Å². The molecule has 12 heteroatoms. The second-order valence-corrected chi connectivity index (χ2v) is 7.77. The van der Waals surface area contributed by atoms with Crippen LogP contribution >= 0.6 is 11.8 Å². The lowest BCUT2D eigenvalue weighted by Crippen LogP contribution is -2.27. The molecule has 3 heterocycles. The van der Waals surface area contributed by atoms with E-state index in [0.717, 1.165) is 0 Å². The summed E-state index contributed by atoms with van der Waals surface area (Å²) < 4.78 is 23.8. The Kier molecular flexibility index (Phi) is 5.00. The minimum Gasteiger partial charge on any atom is -0.485 e. The topological polar surface area (TPSA) is 137 Å². The van der Waals surface area contributed by atoms with Crippen molar-refractivity contribution in [1.82, 2.24) is 14.9 Å². The van der Waals surface area contributed by atoms with E-state index >= 15 is 0 Å². The third-order valence-electron chi connectivity index (χ3n) is 4.83. The predicted octanol–water partition coefficient (Wildman–Crippen LogP) is 2.57. The fourth-order valence-electron chi connectivity index (χ4n) is 3.39. The third kappa shape index (κ3) is 3.70. The van der Waals surface area contributed by atoms with E-state index in [-0.39, 0.29) is 25.7 Å². The molecule has 5 rings (SSSR count). The molecule has 1 aromatic heterocycles. The standard InChI is InChI=1S/C19H17N5O6S/c20-23-18(16-8-28-14-3-1-2-4-15(14)30-16)21-22-19(23)31-9-12-6-13(24(25)26)5-11-7-27-10-29-17(11)12/h1-6,16H,7-10,20H2/t16-/m0/s1. The normalized spacial score (nSPS) is 17.0. The first-order valence-electron chi connectivity index (χ1n) is 9.32. The van der Waals surface area contributed by atoms with Gasteiger partial charge < -0.3 is 24.8 Å². The number of rotatable bonds is 5. The summed E-state index contributed by atoms with van der Waals surface area (Å²) in [7, 11) is 0. The van der Waals surface area contributed by atoms with Crippen LogP contribution in [0, 0.1) is 10.1 Å². The fraction of sp³-hybridized carbons (Fsp3) is 0.263. The van der Waals surface area contributed by atoms with Gasteiger partial charge in [0, 0.05) is 29.0 Å². The van der Waals surface area contributed by atoms with Crippen LogP contribution in [0.25, 0.3) is 0 Å². The van der Waals surface area contributed by atoms with Gasteiger partial charge >= 0.3 is 0 Å². The molecular weight excluding hydrogens is 426 g/mol. The van der Waals surface area contributed by atoms with E-state index in [1.54, 1.807) is 0 Å². The van der Waals surface area contributed by atoms with Crippen LogP contribution < -0.4 is 20.1 Å². The second kappa shape index (κ2) is 7.96. The van der Waals surface area contributed by atoms with Gasteiger partial charge in [-0.05, 0) is 12.1 Å². The number of fused-ring (bicyclic) bond motifs is 2. The van der Waals surface area contributed by atoms with Crippen molar-refractivity contribution in [3.63, 3.8) is 0 Å². The van der Waals surface area contributed by atoms with Gasteiger partial charge in [-0.1, -0.05) is 23.9 Å². The zero-order chi connectivity index (χ0) is 21.4. The number of hydrogen-bond acceptors (Lipinski definition) is 10. The Morgan fingerprint density at radius 2 is 2.06 bits per heavy atom. The Balaban J connectivity index is 1.35. The van der Waals surface area contributed by atoms with Gasteiger partial charge in [0.15, 0.2) is 30.2 Å². The lowest BCUT2D eigenvalue weighted by Gasteiger charge is -2.25. The molecule has 0 fully saturated rings. The molecule has 2 aliphatic heterocycles. The molecule has 0 saturated carbocycles. The molecular formula is C19H17N5O6S. The van der Waals surface area contributed by atoms with Gasteiger partial charge in [0.2, 0.25) is 5.16 Å². The summed E-state index contributed by atoms with van der Waals surface area (Å²) in [6, 6.07) is 10.3. The van der Waals surface area contributed by atoms with E-state index in [4.69, 9.17) is 24.8 Å². The Labute approximate surface area is 180 Å². The fourth-order valence-corrected chi connectivity index (χ4v) is 4.22. The SMILES string of the molecule is Nn1c(SCc2cc([N+](=O)[O-])cc3c2OCOC3)nnc1[C@@H]1COc2ccccc2O1. The zero-order valence-electron chi connectivity index (χ0n) is 16.1. The molecule has 2 aliphatic rings. The first-order chi connectivity index (χ1) is 15.1. The highest BCUT2D eigenvalue weighted by atomic mass is 32.2. The van der Waals surface area contributed by atoms with Crippen LogP contribution in [0.5, 0.6) is 17.2 Å². The van der Waals surface area contributed by atoms with Crippen molar-refractivity contribution in [2.24, 2.45) is 0 Å². The quantitative estimate of drug-likeness (QED) is 0.271. The van der Waals surface area contributed by atoms with Crippen molar-refractivity contribution in [1.29, 1.82) is 0 Å². The number of nitrogens with two attached hydrogens (primary N) is 1. The smallest absolute Gasteiger partial charge is 0.270 e. The maximum absolute atomic E-state index is 11.3. The maximum atomic E-state index is 11.3. The number of non-ortho nitro benzene ring substituents is 1. The molecule has 0 bridgehead atoms. The molecule has 31 heavy (non-hydrogen) atoms. The molecule has 0 amide bonds. The molecule has 0 unspecified atom stereocenters. The highest BCUT2D eigenvalue weighted by Crippen LogP contribution is 2.38. The van der Waals surface area contributed by atoms with Crippen LogP contribution in [0.4, 0.5) is 5.69 Å². The summed E-state index contributed by atoms with van der Waals surface area (Å²) in [5, 5.41) is 20.0. The van der Waals surface area contributed by atoms with Crippen LogP contribution in [-0.2, 0) is 17.1 Å². The van der Waals surface area contributed by atoms with Crippen LogP contribution in [0.2, 0.25) is 0 Å². The number of nitro groups is 1. The molecule has 0 spiro atoms. The van der Waals surface area contributed by atoms with Gasteiger partial charge in [0.25, 0.3) is 5.69 Å². The second-order valence-electron chi connectivity index (χ2n) is 6.82. The van der Waals surface area contributed by atoms with Crippen molar-refractivity contribution in [2.75, 3.05) is 19.2 Å². The number of benzene rings is 2. The van der Waals surface area contributed by atoms with Crippen molar-refractivity contribution >= 4 is 17.4 Å². The van der Waals surface area contributed by atoms with E-state index in [1.165, 1.54) is 28.6 Å². The molecule has 11 nitrogen and oxygen atoms in total. The maximum Gasteiger partial charge on any atom is 0.270 e. The van der Waals surface area contributed by atoms with Gasteiger partial charge in [0.05, 0.1) is 11.5 Å². The largest absolute Gasteiger partial charge is 0.485 e. The number of aromatic nitrogens is 3. The van der Waals surface area contributed by atoms with Gasteiger partial charge in [-0.2, -0.15) is 0 Å². The summed E-state index contributed by atoms with van der Waals surface area (Å²) in [6.45, 7) is 0.607. The minimum atomic E-state index is -0.507. The molecule has 1 atom stereocenters. The Bertz CT molecular complexity index is 1150. The number of ether oxygens (including phenoxy) is 4. The average molecular weight is 443 g/mol. The zero-order valence-corrected chi connectivity index (χ0v) is 16.9. The van der Waals surface area contributed by atoms with Crippen LogP contribution in [0.3, 0.4) is 0 Å². The molecule has 160 valence electrons. The van der Waals surface area contributed by atoms with Gasteiger partial charge in [-0.25, -0.2) is 4.68 Å². The van der Waals surface area contributed by atoms with Gasteiger partial charge in [-0.3, -0.25) is 10.1 Å². The Morgan fingerprint density at radius 3 is 2.90 bits per heavy atom. The van der Waals surface area contributed by atoms with Crippen LogP contribution in [-0.4, -0.2) is 33.2 Å². The summed E-state index contributed by atoms with van der Waals surface area (Å²) in [4.78, 5) is 10.8. The summed E-state index contributed by atoms with van der Waals surface area (Å²) in [6.07, 6.45) is -0.507. The number of nitrogen functional groups attached to an aromatic ring is 1. The lowest BCUT2D eigenvalue weighted by atomic mass is 10.1. The molecule has 2 N–H and O–H groups in total. The molecule has 0 radical (unpaired) electrons.